The van der Waals surface area contributed by atoms with E-state index in [-0.39, 0.29) is 6.61 Å². The van der Waals surface area contributed by atoms with Gasteiger partial charge in [-0.15, -0.1) is 0 Å². The molecule has 0 fully saturated rings. The third-order valence-electron chi connectivity index (χ3n) is 4.83. The molecule has 3 aromatic rings. The van der Waals surface area contributed by atoms with Gasteiger partial charge in [0.25, 0.3) is 0 Å². The van der Waals surface area contributed by atoms with Crippen LogP contribution in [-0.4, -0.2) is 12.6 Å². The van der Waals surface area contributed by atoms with Crippen LogP contribution in [0.15, 0.2) is 72.8 Å². The average molecular weight is 417 g/mol. The van der Waals surface area contributed by atoms with E-state index in [9.17, 15) is 4.79 Å². The first-order chi connectivity index (χ1) is 15.0. The molecule has 4 N–H and O–H groups in total. The molecule has 0 saturated heterocycles. The zero-order chi connectivity index (χ0) is 22.1. The highest BCUT2D eigenvalue weighted by atomic mass is 16.5. The minimum Gasteiger partial charge on any atom is -0.494 e. The molecule has 0 spiro atoms. The number of benzene rings is 3. The van der Waals surface area contributed by atoms with Crippen molar-refractivity contribution in [2.24, 2.45) is 0 Å². The lowest BCUT2D eigenvalue weighted by Gasteiger charge is -2.07. The van der Waals surface area contributed by atoms with Gasteiger partial charge >= 0.3 is 5.97 Å². The summed E-state index contributed by atoms with van der Waals surface area (Å²) in [4.78, 5) is 11.9. The Balaban J connectivity index is 1.40. The number of esters is 1. The molecule has 0 amide bonds. The van der Waals surface area contributed by atoms with E-state index >= 15 is 0 Å². The molecular formula is C26H28N2O3. The zero-order valence-corrected chi connectivity index (χ0v) is 17.7. The molecule has 31 heavy (non-hydrogen) atoms. The number of nitrogens with two attached hydrogens (primary N) is 2. The molecule has 160 valence electrons. The molecule has 3 rings (SSSR count). The van der Waals surface area contributed by atoms with E-state index in [4.69, 9.17) is 20.9 Å². The Morgan fingerprint density at radius 1 is 0.968 bits per heavy atom. The molecule has 0 radical (unpaired) electrons. The molecule has 0 atom stereocenters. The number of hydrogen-bond acceptors (Lipinski definition) is 5. The van der Waals surface area contributed by atoms with Crippen molar-refractivity contribution in [1.82, 2.24) is 0 Å². The molecule has 0 aliphatic rings. The highest BCUT2D eigenvalue weighted by Gasteiger charge is 2.03. The van der Waals surface area contributed by atoms with Crippen molar-refractivity contribution in [3.8, 4) is 5.75 Å². The Bertz CT molecular complexity index is 1030. The van der Waals surface area contributed by atoms with Crippen LogP contribution in [0.4, 0.5) is 11.4 Å². The quantitative estimate of drug-likeness (QED) is 0.224. The van der Waals surface area contributed by atoms with E-state index in [0.717, 1.165) is 29.7 Å². The van der Waals surface area contributed by atoms with Gasteiger partial charge in [0, 0.05) is 23.0 Å². The Morgan fingerprint density at radius 3 is 2.42 bits per heavy atom. The Kier molecular flexibility index (Phi) is 7.71. The summed E-state index contributed by atoms with van der Waals surface area (Å²) in [6, 6.07) is 21.3. The Morgan fingerprint density at radius 2 is 1.71 bits per heavy atom. The van der Waals surface area contributed by atoms with Crippen LogP contribution in [0.1, 0.15) is 28.7 Å². The van der Waals surface area contributed by atoms with Crippen LogP contribution in [0, 0.1) is 6.92 Å². The van der Waals surface area contributed by atoms with Crippen LogP contribution in [0.5, 0.6) is 5.75 Å². The second-order valence-electron chi connectivity index (χ2n) is 7.41. The summed E-state index contributed by atoms with van der Waals surface area (Å²) >= 11 is 0. The minimum absolute atomic E-state index is 0.102. The SMILES string of the molecule is Cc1ccc(CCCOc2ccc(/C=C/C(=O)OCc3ccc(N)cc3N)cc2)cc1. The maximum atomic E-state index is 11.9. The summed E-state index contributed by atoms with van der Waals surface area (Å²) in [6.07, 6.45) is 5.04. The highest BCUT2D eigenvalue weighted by Crippen LogP contribution is 2.17. The number of rotatable bonds is 9. The molecule has 0 aromatic heterocycles. The largest absolute Gasteiger partial charge is 0.494 e. The standard InChI is InChI=1S/C26H28N2O3/c1-19-4-6-20(7-5-19)3-2-16-30-24-13-8-21(9-14-24)10-15-26(29)31-18-22-11-12-23(27)17-25(22)28/h4-15,17H,2-3,16,18,27-28H2,1H3/b15-10+. The molecule has 5 heteroatoms. The van der Waals surface area contributed by atoms with Crippen LogP contribution in [0.3, 0.4) is 0 Å². The zero-order valence-electron chi connectivity index (χ0n) is 17.7. The topological polar surface area (TPSA) is 87.6 Å². The van der Waals surface area contributed by atoms with Crippen molar-refractivity contribution in [2.75, 3.05) is 18.1 Å². The van der Waals surface area contributed by atoms with Crippen molar-refractivity contribution in [3.63, 3.8) is 0 Å². The number of hydrogen-bond donors (Lipinski definition) is 2. The number of nitrogen functional groups attached to an aromatic ring is 2. The van der Waals surface area contributed by atoms with Gasteiger partial charge in [-0.05, 0) is 61.2 Å². The smallest absolute Gasteiger partial charge is 0.331 e. The lowest BCUT2D eigenvalue weighted by atomic mass is 10.1. The van der Waals surface area contributed by atoms with E-state index in [1.54, 1.807) is 24.3 Å². The Labute approximate surface area is 183 Å². The van der Waals surface area contributed by atoms with E-state index < -0.39 is 5.97 Å². The van der Waals surface area contributed by atoms with E-state index in [1.807, 2.05) is 24.3 Å². The molecule has 0 aliphatic carbocycles. The van der Waals surface area contributed by atoms with Gasteiger partial charge in [-0.1, -0.05) is 48.0 Å². The summed E-state index contributed by atoms with van der Waals surface area (Å²) in [5.41, 5.74) is 16.8. The summed E-state index contributed by atoms with van der Waals surface area (Å²) in [5, 5.41) is 0. The normalized spacial score (nSPS) is 10.9. The van der Waals surface area contributed by atoms with E-state index in [1.165, 1.54) is 17.2 Å². The third kappa shape index (κ3) is 7.23. The summed E-state index contributed by atoms with van der Waals surface area (Å²) < 4.78 is 11.0. The minimum atomic E-state index is -0.437. The summed E-state index contributed by atoms with van der Waals surface area (Å²) in [7, 11) is 0. The Hall–Kier alpha value is -3.73. The first-order valence-electron chi connectivity index (χ1n) is 10.3. The fourth-order valence-corrected chi connectivity index (χ4v) is 3.00. The molecule has 5 nitrogen and oxygen atoms in total. The summed E-state index contributed by atoms with van der Waals surface area (Å²) in [5.74, 6) is 0.370. The lowest BCUT2D eigenvalue weighted by Crippen LogP contribution is -2.03. The highest BCUT2D eigenvalue weighted by molar-refractivity contribution is 5.87. The number of carbonyl (C=O) groups is 1. The first-order valence-corrected chi connectivity index (χ1v) is 10.3. The average Bonchev–Trinajstić information content (AvgIpc) is 2.77. The van der Waals surface area contributed by atoms with Gasteiger partial charge in [-0.2, -0.15) is 0 Å². The third-order valence-corrected chi connectivity index (χ3v) is 4.83. The number of ether oxygens (including phenoxy) is 2. The van der Waals surface area contributed by atoms with Gasteiger partial charge in [-0.25, -0.2) is 4.79 Å². The number of anilines is 2. The first kappa shape index (κ1) is 22.0. The fourth-order valence-electron chi connectivity index (χ4n) is 3.00. The van der Waals surface area contributed by atoms with Gasteiger partial charge in [0.15, 0.2) is 0 Å². The maximum Gasteiger partial charge on any atom is 0.331 e. The van der Waals surface area contributed by atoms with Gasteiger partial charge in [0.2, 0.25) is 0 Å². The van der Waals surface area contributed by atoms with Gasteiger partial charge in [0.1, 0.15) is 12.4 Å². The predicted molar refractivity (Wildman–Crippen MR) is 126 cm³/mol. The molecule has 0 unspecified atom stereocenters. The van der Waals surface area contributed by atoms with Crippen LogP contribution in [-0.2, 0) is 22.6 Å². The van der Waals surface area contributed by atoms with E-state index in [2.05, 4.69) is 31.2 Å². The van der Waals surface area contributed by atoms with Crippen LogP contribution >= 0.6 is 0 Å². The lowest BCUT2D eigenvalue weighted by molar-refractivity contribution is -0.138. The molecule has 0 saturated carbocycles. The van der Waals surface area contributed by atoms with Gasteiger partial charge in [0.05, 0.1) is 6.61 Å². The second-order valence-corrected chi connectivity index (χ2v) is 7.41. The van der Waals surface area contributed by atoms with Crippen LogP contribution in [0.25, 0.3) is 6.08 Å². The summed E-state index contributed by atoms with van der Waals surface area (Å²) in [6.45, 7) is 2.85. The van der Waals surface area contributed by atoms with Gasteiger partial charge < -0.3 is 20.9 Å². The monoisotopic (exact) mass is 416 g/mol. The van der Waals surface area contributed by atoms with Gasteiger partial charge in [-0.3, -0.25) is 0 Å². The van der Waals surface area contributed by atoms with E-state index in [0.29, 0.717) is 18.0 Å². The molecule has 0 bridgehead atoms. The molecular weight excluding hydrogens is 388 g/mol. The second kappa shape index (κ2) is 10.9. The van der Waals surface area contributed by atoms with Crippen LogP contribution < -0.4 is 16.2 Å². The maximum absolute atomic E-state index is 11.9. The number of aryl methyl sites for hydroxylation is 2. The van der Waals surface area contributed by atoms with Crippen molar-refractivity contribution in [3.05, 3.63) is 95.1 Å². The number of carbonyl (C=O) groups excluding carboxylic acids is 1. The molecule has 3 aromatic carbocycles. The van der Waals surface area contributed by atoms with Crippen molar-refractivity contribution in [1.29, 1.82) is 0 Å². The van der Waals surface area contributed by atoms with Crippen LogP contribution in [0.2, 0.25) is 0 Å². The fraction of sp³-hybridized carbons (Fsp3) is 0.192. The van der Waals surface area contributed by atoms with Crippen molar-refractivity contribution >= 4 is 23.4 Å². The molecule has 0 heterocycles. The van der Waals surface area contributed by atoms with Crippen molar-refractivity contribution < 1.29 is 14.3 Å². The molecule has 0 aliphatic heterocycles. The predicted octanol–water partition coefficient (Wildman–Crippen LogP) is 4.93. The van der Waals surface area contributed by atoms with Crippen molar-refractivity contribution in [2.45, 2.75) is 26.4 Å².